The summed E-state index contributed by atoms with van der Waals surface area (Å²) in [6.45, 7) is 8.01. The van der Waals surface area contributed by atoms with Crippen molar-refractivity contribution in [3.63, 3.8) is 0 Å². The van der Waals surface area contributed by atoms with E-state index in [0.29, 0.717) is 11.3 Å². The first-order chi connectivity index (χ1) is 6.09. The lowest BCUT2D eigenvalue weighted by Gasteiger charge is -2.26. The molecule has 0 bridgehead atoms. The predicted molar refractivity (Wildman–Crippen MR) is 57.1 cm³/mol. The normalized spacial score (nSPS) is 21.0. The molecule has 0 unspecified atom stereocenters. The number of para-hydroxylation sites is 1. The predicted octanol–water partition coefficient (Wildman–Crippen LogP) is 3.24. The van der Waals surface area contributed by atoms with Crippen molar-refractivity contribution < 1.29 is 0 Å². The van der Waals surface area contributed by atoms with Gasteiger partial charge in [0, 0.05) is 18.2 Å². The monoisotopic (exact) mass is 175 g/mol. The highest BCUT2D eigenvalue weighted by Gasteiger charge is 2.31. The quantitative estimate of drug-likeness (QED) is 0.638. The molecule has 0 saturated heterocycles. The van der Waals surface area contributed by atoms with Gasteiger partial charge in [0.15, 0.2) is 0 Å². The summed E-state index contributed by atoms with van der Waals surface area (Å²) >= 11 is 0. The fourth-order valence-electron chi connectivity index (χ4n) is 2.06. The summed E-state index contributed by atoms with van der Waals surface area (Å²) in [6, 6.07) is 8.63. The molecule has 0 aromatic heterocycles. The Bertz CT molecular complexity index is 309. The Morgan fingerprint density at radius 2 is 1.92 bits per heavy atom. The van der Waals surface area contributed by atoms with Gasteiger partial charge in [0.05, 0.1) is 0 Å². The van der Waals surface area contributed by atoms with E-state index in [-0.39, 0.29) is 0 Å². The summed E-state index contributed by atoms with van der Waals surface area (Å²) < 4.78 is 0. The van der Waals surface area contributed by atoms with Gasteiger partial charge >= 0.3 is 0 Å². The van der Waals surface area contributed by atoms with Crippen molar-refractivity contribution in [1.29, 1.82) is 0 Å². The van der Waals surface area contributed by atoms with Crippen molar-refractivity contribution in [2.45, 2.75) is 26.7 Å². The first-order valence-electron chi connectivity index (χ1n) is 4.92. The highest BCUT2D eigenvalue weighted by molar-refractivity contribution is 5.58. The third-order valence-corrected chi connectivity index (χ3v) is 2.88. The van der Waals surface area contributed by atoms with Crippen molar-refractivity contribution in [3.8, 4) is 0 Å². The zero-order valence-corrected chi connectivity index (χ0v) is 8.59. The molecule has 0 saturated carbocycles. The Morgan fingerprint density at radius 1 is 1.23 bits per heavy atom. The molecule has 1 heteroatoms. The van der Waals surface area contributed by atoms with Crippen LogP contribution in [0.25, 0.3) is 0 Å². The van der Waals surface area contributed by atoms with E-state index in [1.807, 2.05) is 0 Å². The van der Waals surface area contributed by atoms with Crippen LogP contribution < -0.4 is 5.32 Å². The lowest BCUT2D eigenvalue weighted by Crippen LogP contribution is -2.19. The molecule has 1 aliphatic heterocycles. The fourth-order valence-corrected chi connectivity index (χ4v) is 2.06. The molecule has 1 nitrogen and oxygen atoms in total. The molecule has 1 aromatic rings. The number of rotatable bonds is 0. The summed E-state index contributed by atoms with van der Waals surface area (Å²) in [7, 11) is 0. The van der Waals surface area contributed by atoms with Crippen LogP contribution in [0.15, 0.2) is 24.3 Å². The van der Waals surface area contributed by atoms with E-state index in [2.05, 4.69) is 50.4 Å². The average Bonchev–Trinajstić information content (AvgIpc) is 2.45. The van der Waals surface area contributed by atoms with Crippen LogP contribution in [0.4, 0.5) is 5.69 Å². The molecule has 0 spiro atoms. The second-order valence-electron chi connectivity index (χ2n) is 4.89. The first-order valence-corrected chi connectivity index (χ1v) is 4.92. The Labute approximate surface area is 80.2 Å². The summed E-state index contributed by atoms with van der Waals surface area (Å²) in [4.78, 5) is 0. The standard InChI is InChI=1S/C12H17N/c1-12(2,3)10-8-13-11-7-5-4-6-9(10)11/h4-7,10,13H,8H2,1-3H3/t10-/m1/s1. The Hall–Kier alpha value is -0.980. The molecular weight excluding hydrogens is 158 g/mol. The number of nitrogens with one attached hydrogen (secondary N) is 1. The van der Waals surface area contributed by atoms with Crippen LogP contribution in [0.5, 0.6) is 0 Å². The maximum absolute atomic E-state index is 3.46. The van der Waals surface area contributed by atoms with Gasteiger partial charge in [0.2, 0.25) is 0 Å². The molecule has 1 N–H and O–H groups in total. The average molecular weight is 175 g/mol. The topological polar surface area (TPSA) is 12.0 Å². The van der Waals surface area contributed by atoms with Gasteiger partial charge in [-0.15, -0.1) is 0 Å². The van der Waals surface area contributed by atoms with E-state index >= 15 is 0 Å². The smallest absolute Gasteiger partial charge is 0.0376 e. The highest BCUT2D eigenvalue weighted by Crippen LogP contribution is 2.42. The lowest BCUT2D eigenvalue weighted by atomic mass is 9.78. The van der Waals surface area contributed by atoms with Crippen LogP contribution in [-0.2, 0) is 0 Å². The molecule has 1 aromatic carbocycles. The van der Waals surface area contributed by atoms with Crippen molar-refractivity contribution in [3.05, 3.63) is 29.8 Å². The summed E-state index contributed by atoms with van der Waals surface area (Å²) in [5, 5.41) is 3.46. The van der Waals surface area contributed by atoms with Crippen LogP contribution in [0.3, 0.4) is 0 Å². The third-order valence-electron chi connectivity index (χ3n) is 2.88. The third kappa shape index (κ3) is 1.43. The number of hydrogen-bond acceptors (Lipinski definition) is 1. The van der Waals surface area contributed by atoms with Crippen LogP contribution in [0.2, 0.25) is 0 Å². The number of fused-ring (bicyclic) bond motifs is 1. The molecule has 1 aliphatic rings. The van der Waals surface area contributed by atoms with E-state index in [1.54, 1.807) is 0 Å². The summed E-state index contributed by atoms with van der Waals surface area (Å²) in [6.07, 6.45) is 0. The molecule has 2 rings (SSSR count). The Morgan fingerprint density at radius 3 is 2.62 bits per heavy atom. The molecule has 0 radical (unpaired) electrons. The van der Waals surface area contributed by atoms with Crippen LogP contribution >= 0.6 is 0 Å². The first kappa shape index (κ1) is 8.61. The van der Waals surface area contributed by atoms with Crippen LogP contribution in [0, 0.1) is 5.41 Å². The molecule has 13 heavy (non-hydrogen) atoms. The molecule has 70 valence electrons. The minimum absolute atomic E-state index is 0.361. The van der Waals surface area contributed by atoms with Gasteiger partial charge in [-0.1, -0.05) is 39.0 Å². The second kappa shape index (κ2) is 2.76. The summed E-state index contributed by atoms with van der Waals surface area (Å²) in [5.74, 6) is 0.656. The van der Waals surface area contributed by atoms with E-state index < -0.39 is 0 Å². The van der Waals surface area contributed by atoms with E-state index in [1.165, 1.54) is 11.3 Å². The zero-order chi connectivity index (χ0) is 9.47. The van der Waals surface area contributed by atoms with Gasteiger partial charge in [-0.2, -0.15) is 0 Å². The van der Waals surface area contributed by atoms with E-state index in [9.17, 15) is 0 Å². The fraction of sp³-hybridized carbons (Fsp3) is 0.500. The lowest BCUT2D eigenvalue weighted by molar-refractivity contribution is 0.339. The largest absolute Gasteiger partial charge is 0.384 e. The van der Waals surface area contributed by atoms with Crippen molar-refractivity contribution in [1.82, 2.24) is 0 Å². The van der Waals surface area contributed by atoms with Gasteiger partial charge in [-0.3, -0.25) is 0 Å². The number of hydrogen-bond donors (Lipinski definition) is 1. The van der Waals surface area contributed by atoms with E-state index in [4.69, 9.17) is 0 Å². The number of benzene rings is 1. The maximum atomic E-state index is 3.46. The highest BCUT2D eigenvalue weighted by atomic mass is 14.9. The van der Waals surface area contributed by atoms with Gasteiger partial charge in [-0.05, 0) is 17.0 Å². The molecular formula is C12H17N. The molecule has 1 heterocycles. The van der Waals surface area contributed by atoms with Gasteiger partial charge in [-0.25, -0.2) is 0 Å². The van der Waals surface area contributed by atoms with Gasteiger partial charge < -0.3 is 5.32 Å². The maximum Gasteiger partial charge on any atom is 0.0376 e. The molecule has 0 fully saturated rings. The molecule has 1 atom stereocenters. The zero-order valence-electron chi connectivity index (χ0n) is 8.59. The van der Waals surface area contributed by atoms with Crippen LogP contribution in [-0.4, -0.2) is 6.54 Å². The summed E-state index contributed by atoms with van der Waals surface area (Å²) in [5.41, 5.74) is 3.16. The number of anilines is 1. The molecule has 0 aliphatic carbocycles. The Kier molecular flexibility index (Phi) is 1.83. The SMILES string of the molecule is CC(C)(C)[C@@H]1CNc2ccccc21. The minimum Gasteiger partial charge on any atom is -0.384 e. The van der Waals surface area contributed by atoms with Crippen molar-refractivity contribution >= 4 is 5.69 Å². The van der Waals surface area contributed by atoms with Crippen LogP contribution in [0.1, 0.15) is 32.3 Å². The van der Waals surface area contributed by atoms with Crippen molar-refractivity contribution in [2.24, 2.45) is 5.41 Å². The van der Waals surface area contributed by atoms with Crippen molar-refractivity contribution in [2.75, 3.05) is 11.9 Å². The molecule has 0 amide bonds. The Balaban J connectivity index is 2.39. The minimum atomic E-state index is 0.361. The van der Waals surface area contributed by atoms with E-state index in [0.717, 1.165) is 6.54 Å². The van der Waals surface area contributed by atoms with Gasteiger partial charge in [0.25, 0.3) is 0 Å². The van der Waals surface area contributed by atoms with Gasteiger partial charge in [0.1, 0.15) is 0 Å². The second-order valence-corrected chi connectivity index (χ2v) is 4.89.